The molecule has 0 radical (unpaired) electrons. The van der Waals surface area contributed by atoms with Gasteiger partial charge in [0.15, 0.2) is 0 Å². The number of halogens is 1. The number of nitrogens with one attached hydrogen (secondary N) is 1. The lowest BCUT2D eigenvalue weighted by atomic mass is 9.91. The first kappa shape index (κ1) is 14.9. The largest absolute Gasteiger partial charge is 0.395 e. The van der Waals surface area contributed by atoms with Crippen molar-refractivity contribution >= 4 is 11.6 Å². The monoisotopic (exact) mass is 280 g/mol. The van der Waals surface area contributed by atoms with Crippen LogP contribution in [0.15, 0.2) is 18.2 Å². The molecule has 1 fully saturated rings. The first-order valence-corrected chi connectivity index (χ1v) is 7.01. The average molecular weight is 280 g/mol. The number of carbonyl (C=O) groups excluding carboxylic acids is 1. The lowest BCUT2D eigenvalue weighted by Crippen LogP contribution is -2.45. The van der Waals surface area contributed by atoms with E-state index in [9.17, 15) is 9.18 Å². The zero-order valence-corrected chi connectivity index (χ0v) is 11.7. The molecule has 1 saturated carbocycles. The van der Waals surface area contributed by atoms with Gasteiger partial charge in [-0.25, -0.2) is 4.39 Å². The Morgan fingerprint density at radius 3 is 2.80 bits per heavy atom. The van der Waals surface area contributed by atoms with Crippen LogP contribution >= 0.6 is 0 Å². The summed E-state index contributed by atoms with van der Waals surface area (Å²) in [4.78, 5) is 14.0. The van der Waals surface area contributed by atoms with Crippen LogP contribution in [-0.4, -0.2) is 41.7 Å². The number of aliphatic hydroxyl groups is 1. The fraction of sp³-hybridized carbons (Fsp3) is 0.533. The van der Waals surface area contributed by atoms with Crippen molar-refractivity contribution in [1.29, 1.82) is 0 Å². The van der Waals surface area contributed by atoms with Gasteiger partial charge in [0.1, 0.15) is 5.82 Å². The van der Waals surface area contributed by atoms with E-state index in [1.54, 1.807) is 19.1 Å². The highest BCUT2D eigenvalue weighted by Gasteiger charge is 2.25. The second kappa shape index (κ2) is 6.81. The third-order valence-corrected chi connectivity index (χ3v) is 3.78. The molecule has 2 N–H and O–H groups in total. The molecule has 0 bridgehead atoms. The van der Waals surface area contributed by atoms with Gasteiger partial charge in [-0.2, -0.15) is 0 Å². The molecule has 0 atom stereocenters. The summed E-state index contributed by atoms with van der Waals surface area (Å²) in [6.45, 7) is 2.46. The van der Waals surface area contributed by atoms with Gasteiger partial charge in [0.25, 0.3) is 0 Å². The fourth-order valence-electron chi connectivity index (χ4n) is 2.33. The van der Waals surface area contributed by atoms with Crippen LogP contribution in [0.25, 0.3) is 0 Å². The average Bonchev–Trinajstić information content (AvgIpc) is 2.32. The van der Waals surface area contributed by atoms with Crippen LogP contribution in [0.1, 0.15) is 24.8 Å². The van der Waals surface area contributed by atoms with Gasteiger partial charge in [-0.1, -0.05) is 12.5 Å². The van der Waals surface area contributed by atoms with Crippen molar-refractivity contribution in [2.45, 2.75) is 32.2 Å². The molecule has 1 aromatic carbocycles. The molecule has 0 heterocycles. The number of rotatable bonds is 6. The first-order chi connectivity index (χ1) is 9.60. The van der Waals surface area contributed by atoms with E-state index >= 15 is 0 Å². The highest BCUT2D eigenvalue weighted by Crippen LogP contribution is 2.24. The van der Waals surface area contributed by atoms with E-state index in [4.69, 9.17) is 5.11 Å². The molecule has 20 heavy (non-hydrogen) atoms. The summed E-state index contributed by atoms with van der Waals surface area (Å²) in [7, 11) is 0. The molecule has 1 aromatic rings. The van der Waals surface area contributed by atoms with Gasteiger partial charge in [-0.05, 0) is 37.5 Å². The van der Waals surface area contributed by atoms with Gasteiger partial charge in [0.05, 0.1) is 13.2 Å². The van der Waals surface area contributed by atoms with Crippen LogP contribution < -0.4 is 5.32 Å². The number of nitrogens with zero attached hydrogens (tertiary/aromatic N) is 1. The summed E-state index contributed by atoms with van der Waals surface area (Å²) in [6, 6.07) is 5.05. The van der Waals surface area contributed by atoms with Crippen molar-refractivity contribution in [2.75, 3.05) is 25.0 Å². The maximum Gasteiger partial charge on any atom is 0.238 e. The molecular formula is C15H21FN2O2. The summed E-state index contributed by atoms with van der Waals surface area (Å²) in [5.74, 6) is -0.498. The van der Waals surface area contributed by atoms with E-state index in [-0.39, 0.29) is 24.9 Å². The van der Waals surface area contributed by atoms with Crippen molar-refractivity contribution in [2.24, 2.45) is 0 Å². The number of hydrogen-bond donors (Lipinski definition) is 2. The van der Waals surface area contributed by atoms with Crippen LogP contribution in [0, 0.1) is 12.7 Å². The van der Waals surface area contributed by atoms with Gasteiger partial charge in [0.2, 0.25) is 5.91 Å². The molecule has 0 saturated heterocycles. The Bertz CT molecular complexity index is 475. The van der Waals surface area contributed by atoms with Crippen LogP contribution in [0.3, 0.4) is 0 Å². The molecule has 2 rings (SSSR count). The molecule has 5 heteroatoms. The summed E-state index contributed by atoms with van der Waals surface area (Å²) in [5.41, 5.74) is 1.02. The first-order valence-electron chi connectivity index (χ1n) is 7.01. The minimum atomic E-state index is -0.325. The number of hydrogen-bond acceptors (Lipinski definition) is 3. The number of aliphatic hydroxyl groups excluding tert-OH is 1. The Kier molecular flexibility index (Phi) is 5.09. The van der Waals surface area contributed by atoms with Gasteiger partial charge < -0.3 is 10.4 Å². The Balaban J connectivity index is 1.91. The molecule has 1 amide bonds. The Morgan fingerprint density at radius 1 is 1.50 bits per heavy atom. The fourth-order valence-corrected chi connectivity index (χ4v) is 2.33. The molecule has 1 aliphatic rings. The number of benzene rings is 1. The number of carbonyl (C=O) groups is 1. The van der Waals surface area contributed by atoms with Gasteiger partial charge in [-0.3, -0.25) is 9.69 Å². The smallest absolute Gasteiger partial charge is 0.238 e. The van der Waals surface area contributed by atoms with Gasteiger partial charge >= 0.3 is 0 Å². The second-order valence-corrected chi connectivity index (χ2v) is 5.29. The normalized spacial score (nSPS) is 15.2. The molecule has 0 unspecified atom stereocenters. The summed E-state index contributed by atoms with van der Waals surface area (Å²) in [5, 5.41) is 11.8. The molecule has 0 aliphatic heterocycles. The van der Waals surface area contributed by atoms with E-state index in [1.807, 2.05) is 4.90 Å². The lowest BCUT2D eigenvalue weighted by Gasteiger charge is -2.36. The van der Waals surface area contributed by atoms with Crippen LogP contribution in [0.2, 0.25) is 0 Å². The van der Waals surface area contributed by atoms with E-state index in [0.717, 1.165) is 12.8 Å². The molecule has 110 valence electrons. The topological polar surface area (TPSA) is 52.6 Å². The van der Waals surface area contributed by atoms with Crippen molar-refractivity contribution in [3.63, 3.8) is 0 Å². The highest BCUT2D eigenvalue weighted by atomic mass is 19.1. The Labute approximate surface area is 118 Å². The van der Waals surface area contributed by atoms with Crippen molar-refractivity contribution in [1.82, 2.24) is 4.90 Å². The van der Waals surface area contributed by atoms with Crippen molar-refractivity contribution in [3.05, 3.63) is 29.6 Å². The predicted octanol–water partition coefficient (Wildman–Crippen LogP) is 1.92. The number of amides is 1. The van der Waals surface area contributed by atoms with Crippen LogP contribution in [-0.2, 0) is 4.79 Å². The quantitative estimate of drug-likeness (QED) is 0.837. The SMILES string of the molecule is Cc1ccc(NC(=O)CN(CCO)C2CCC2)cc1F. The number of anilines is 1. The third kappa shape index (κ3) is 3.77. The zero-order valence-electron chi connectivity index (χ0n) is 11.7. The van der Waals surface area contributed by atoms with E-state index in [1.165, 1.54) is 12.5 Å². The molecule has 4 nitrogen and oxygen atoms in total. The molecule has 0 spiro atoms. The molecule has 1 aliphatic carbocycles. The van der Waals surface area contributed by atoms with E-state index in [2.05, 4.69) is 5.32 Å². The lowest BCUT2D eigenvalue weighted by molar-refractivity contribution is -0.118. The predicted molar refractivity (Wildman–Crippen MR) is 76.1 cm³/mol. The standard InChI is InChI=1S/C15H21FN2O2/c1-11-5-6-12(9-14(11)16)17-15(20)10-18(7-8-19)13-3-2-4-13/h5-6,9,13,19H,2-4,7-8,10H2,1H3,(H,17,20). The van der Waals surface area contributed by atoms with Crippen molar-refractivity contribution < 1.29 is 14.3 Å². The second-order valence-electron chi connectivity index (χ2n) is 5.29. The Hall–Kier alpha value is -1.46. The molecular weight excluding hydrogens is 259 g/mol. The highest BCUT2D eigenvalue weighted by molar-refractivity contribution is 5.92. The van der Waals surface area contributed by atoms with E-state index < -0.39 is 0 Å². The van der Waals surface area contributed by atoms with Gasteiger partial charge in [0, 0.05) is 18.3 Å². The molecule has 0 aromatic heterocycles. The minimum absolute atomic E-state index is 0.0446. The Morgan fingerprint density at radius 2 is 2.25 bits per heavy atom. The third-order valence-electron chi connectivity index (χ3n) is 3.78. The van der Waals surface area contributed by atoms with Crippen LogP contribution in [0.5, 0.6) is 0 Å². The summed E-state index contributed by atoms with van der Waals surface area (Å²) in [6.07, 6.45) is 3.33. The maximum absolute atomic E-state index is 13.4. The van der Waals surface area contributed by atoms with Crippen molar-refractivity contribution in [3.8, 4) is 0 Å². The maximum atomic E-state index is 13.4. The van der Waals surface area contributed by atoms with Crippen LogP contribution in [0.4, 0.5) is 10.1 Å². The zero-order chi connectivity index (χ0) is 14.5. The minimum Gasteiger partial charge on any atom is -0.395 e. The van der Waals surface area contributed by atoms with E-state index in [0.29, 0.717) is 23.8 Å². The summed E-state index contributed by atoms with van der Waals surface area (Å²) < 4.78 is 13.4. The summed E-state index contributed by atoms with van der Waals surface area (Å²) >= 11 is 0. The number of aryl methyl sites for hydroxylation is 1. The van der Waals surface area contributed by atoms with Gasteiger partial charge in [-0.15, -0.1) is 0 Å².